The van der Waals surface area contributed by atoms with E-state index in [2.05, 4.69) is 40.0 Å². The van der Waals surface area contributed by atoms with Crippen LogP contribution >= 0.6 is 0 Å². The first-order chi connectivity index (χ1) is 15.1. The number of benzene rings is 1. The van der Waals surface area contributed by atoms with Crippen LogP contribution < -0.4 is 10.6 Å². The summed E-state index contributed by atoms with van der Waals surface area (Å²) in [6, 6.07) is 9.33. The van der Waals surface area contributed by atoms with Crippen molar-refractivity contribution in [3.05, 3.63) is 36.0 Å². The second-order valence-electron chi connectivity index (χ2n) is 11.0. The van der Waals surface area contributed by atoms with Crippen LogP contribution in [0.3, 0.4) is 0 Å². The van der Waals surface area contributed by atoms with Crippen molar-refractivity contribution < 1.29 is 9.59 Å². The first-order valence-electron chi connectivity index (χ1n) is 12.1. The molecule has 2 aliphatic heterocycles. The SMILES string of the molecule is CC(C)n1cc(C(=O)NCC2C[C@H]3CC[C@@H](C2)N3CC(=O)NC(C)(C)C)c2ccccc21. The number of rotatable bonds is 6. The molecule has 6 nitrogen and oxygen atoms in total. The number of fused-ring (bicyclic) bond motifs is 3. The van der Waals surface area contributed by atoms with Gasteiger partial charge < -0.3 is 15.2 Å². The summed E-state index contributed by atoms with van der Waals surface area (Å²) in [7, 11) is 0. The van der Waals surface area contributed by atoms with Crippen LogP contribution in [0.4, 0.5) is 0 Å². The molecule has 2 fully saturated rings. The molecule has 2 N–H and O–H groups in total. The molecule has 0 radical (unpaired) electrons. The lowest BCUT2D eigenvalue weighted by Gasteiger charge is -2.39. The van der Waals surface area contributed by atoms with Crippen molar-refractivity contribution >= 4 is 22.7 Å². The van der Waals surface area contributed by atoms with Gasteiger partial charge in [-0.2, -0.15) is 0 Å². The highest BCUT2D eigenvalue weighted by atomic mass is 16.2. The van der Waals surface area contributed by atoms with Gasteiger partial charge in [0.05, 0.1) is 12.1 Å². The van der Waals surface area contributed by atoms with E-state index in [1.807, 2.05) is 45.2 Å². The predicted molar refractivity (Wildman–Crippen MR) is 129 cm³/mol. The van der Waals surface area contributed by atoms with Crippen molar-refractivity contribution in [2.45, 2.75) is 84.0 Å². The largest absolute Gasteiger partial charge is 0.352 e. The van der Waals surface area contributed by atoms with E-state index in [0.29, 0.717) is 37.1 Å². The Morgan fingerprint density at radius 3 is 2.38 bits per heavy atom. The summed E-state index contributed by atoms with van der Waals surface area (Å²) in [5.74, 6) is 0.597. The van der Waals surface area contributed by atoms with Gasteiger partial charge in [-0.3, -0.25) is 14.5 Å². The Morgan fingerprint density at radius 1 is 1.09 bits per heavy atom. The van der Waals surface area contributed by atoms with Crippen molar-refractivity contribution in [2.75, 3.05) is 13.1 Å². The quantitative estimate of drug-likeness (QED) is 0.713. The van der Waals surface area contributed by atoms with Crippen LogP contribution in [0, 0.1) is 5.92 Å². The molecule has 2 aromatic rings. The van der Waals surface area contributed by atoms with Gasteiger partial charge in [0, 0.05) is 47.3 Å². The molecule has 0 aliphatic carbocycles. The lowest BCUT2D eigenvalue weighted by molar-refractivity contribution is -0.125. The zero-order valence-electron chi connectivity index (χ0n) is 20.1. The molecular weight excluding hydrogens is 400 g/mol. The van der Waals surface area contributed by atoms with Crippen LogP contribution in [0.5, 0.6) is 0 Å². The number of hydrogen-bond acceptors (Lipinski definition) is 3. The number of amides is 2. The van der Waals surface area contributed by atoms with Gasteiger partial charge in [0.25, 0.3) is 5.91 Å². The molecule has 4 rings (SSSR count). The molecule has 3 atom stereocenters. The fourth-order valence-corrected chi connectivity index (χ4v) is 5.58. The molecule has 2 aliphatic rings. The zero-order chi connectivity index (χ0) is 23.0. The van der Waals surface area contributed by atoms with Gasteiger partial charge in [-0.1, -0.05) is 18.2 Å². The van der Waals surface area contributed by atoms with Crippen LogP contribution in [0.2, 0.25) is 0 Å². The van der Waals surface area contributed by atoms with Crippen LogP contribution in [-0.4, -0.2) is 52.0 Å². The van der Waals surface area contributed by atoms with E-state index in [1.54, 1.807) is 0 Å². The third-order valence-corrected chi connectivity index (χ3v) is 6.92. The average Bonchev–Trinajstić information content (AvgIpc) is 3.19. The number of hydrogen-bond donors (Lipinski definition) is 2. The summed E-state index contributed by atoms with van der Waals surface area (Å²) in [6.07, 6.45) is 6.39. The molecule has 2 amide bonds. The molecule has 1 aromatic heterocycles. The maximum atomic E-state index is 13.1. The van der Waals surface area contributed by atoms with E-state index in [1.165, 1.54) is 0 Å². The zero-order valence-corrected chi connectivity index (χ0v) is 20.1. The van der Waals surface area contributed by atoms with Gasteiger partial charge in [-0.05, 0) is 72.3 Å². The standard InChI is InChI=1S/C26H38N4O2/c1-17(2)29-15-22(21-8-6-7-9-23(21)29)25(32)27-14-18-12-19-10-11-20(13-18)30(19)16-24(31)28-26(3,4)5/h6-9,15,17-20H,10-14,16H2,1-5H3,(H,27,32)(H,28,31)/t18?,19-,20+. The van der Waals surface area contributed by atoms with Crippen LogP contribution in [0.15, 0.2) is 30.5 Å². The van der Waals surface area contributed by atoms with Gasteiger partial charge >= 0.3 is 0 Å². The highest BCUT2D eigenvalue weighted by molar-refractivity contribution is 6.07. The molecule has 174 valence electrons. The van der Waals surface area contributed by atoms with Gasteiger partial charge in [0.15, 0.2) is 0 Å². The Morgan fingerprint density at radius 2 is 1.75 bits per heavy atom. The van der Waals surface area contributed by atoms with Crippen molar-refractivity contribution in [1.29, 1.82) is 0 Å². The number of carbonyl (C=O) groups is 2. The Hall–Kier alpha value is -2.34. The summed E-state index contributed by atoms with van der Waals surface area (Å²) < 4.78 is 2.17. The number of piperidine rings is 1. The molecule has 1 unspecified atom stereocenters. The van der Waals surface area contributed by atoms with E-state index in [-0.39, 0.29) is 17.4 Å². The Labute approximate surface area is 191 Å². The number of aromatic nitrogens is 1. The second kappa shape index (κ2) is 8.89. The summed E-state index contributed by atoms with van der Waals surface area (Å²) in [5.41, 5.74) is 1.67. The number of carbonyl (C=O) groups excluding carboxylic acids is 2. The summed E-state index contributed by atoms with van der Waals surface area (Å²) in [5, 5.41) is 7.32. The maximum Gasteiger partial charge on any atom is 0.253 e. The highest BCUT2D eigenvalue weighted by Gasteiger charge is 2.41. The normalized spacial score (nSPS) is 23.6. The first kappa shape index (κ1) is 22.8. The van der Waals surface area contributed by atoms with Crippen LogP contribution in [-0.2, 0) is 4.79 Å². The third kappa shape index (κ3) is 4.85. The van der Waals surface area contributed by atoms with E-state index in [9.17, 15) is 9.59 Å². The Kier molecular flexibility index (Phi) is 6.35. The lowest BCUT2D eigenvalue weighted by atomic mass is 9.90. The molecule has 32 heavy (non-hydrogen) atoms. The number of nitrogens with zero attached hydrogens (tertiary/aromatic N) is 2. The minimum Gasteiger partial charge on any atom is -0.352 e. The smallest absolute Gasteiger partial charge is 0.253 e. The molecule has 3 heterocycles. The predicted octanol–water partition coefficient (Wildman–Crippen LogP) is 4.11. The fraction of sp³-hybridized carbons (Fsp3) is 0.615. The highest BCUT2D eigenvalue weighted by Crippen LogP contribution is 2.38. The Balaban J connectivity index is 1.36. The topological polar surface area (TPSA) is 66.4 Å². The van der Waals surface area contributed by atoms with Crippen LogP contribution in [0.25, 0.3) is 10.9 Å². The second-order valence-corrected chi connectivity index (χ2v) is 11.0. The molecule has 0 spiro atoms. The van der Waals surface area contributed by atoms with E-state index < -0.39 is 0 Å². The fourth-order valence-electron chi connectivity index (χ4n) is 5.58. The van der Waals surface area contributed by atoms with Gasteiger partial charge in [-0.15, -0.1) is 0 Å². The van der Waals surface area contributed by atoms with E-state index in [0.717, 1.165) is 42.1 Å². The summed E-state index contributed by atoms with van der Waals surface area (Å²) in [6.45, 7) is 11.5. The third-order valence-electron chi connectivity index (χ3n) is 6.92. The van der Waals surface area contributed by atoms with Gasteiger partial charge in [0.1, 0.15) is 0 Å². The van der Waals surface area contributed by atoms with Crippen molar-refractivity contribution in [1.82, 2.24) is 20.1 Å². The molecule has 2 saturated heterocycles. The number of para-hydroxylation sites is 1. The number of nitrogens with one attached hydrogen (secondary N) is 2. The van der Waals surface area contributed by atoms with E-state index >= 15 is 0 Å². The summed E-state index contributed by atoms with van der Waals surface area (Å²) in [4.78, 5) is 27.9. The monoisotopic (exact) mass is 438 g/mol. The minimum absolute atomic E-state index is 0.0138. The molecule has 1 aromatic carbocycles. The molecular formula is C26H38N4O2. The first-order valence-corrected chi connectivity index (χ1v) is 12.1. The molecule has 2 bridgehead atoms. The molecule has 6 heteroatoms. The summed E-state index contributed by atoms with van der Waals surface area (Å²) >= 11 is 0. The van der Waals surface area contributed by atoms with Crippen molar-refractivity contribution in [3.8, 4) is 0 Å². The van der Waals surface area contributed by atoms with Gasteiger partial charge in [0.2, 0.25) is 5.91 Å². The van der Waals surface area contributed by atoms with Crippen molar-refractivity contribution in [3.63, 3.8) is 0 Å². The maximum absolute atomic E-state index is 13.1. The van der Waals surface area contributed by atoms with E-state index in [4.69, 9.17) is 0 Å². The van der Waals surface area contributed by atoms with Gasteiger partial charge in [-0.25, -0.2) is 0 Å². The van der Waals surface area contributed by atoms with Crippen molar-refractivity contribution in [2.24, 2.45) is 5.92 Å². The minimum atomic E-state index is -0.197. The average molecular weight is 439 g/mol. The lowest BCUT2D eigenvalue weighted by Crippen LogP contribution is -2.52. The van der Waals surface area contributed by atoms with Crippen LogP contribution in [0.1, 0.15) is 76.7 Å². The molecule has 0 saturated carbocycles. The Bertz CT molecular complexity index is 973.